The van der Waals surface area contributed by atoms with Gasteiger partial charge >= 0.3 is 0 Å². The van der Waals surface area contributed by atoms with Crippen LogP contribution in [-0.2, 0) is 0 Å². The zero-order valence-electron chi connectivity index (χ0n) is 12.6. The first kappa shape index (κ1) is 18.1. The molecule has 19 heavy (non-hydrogen) atoms. The van der Waals surface area contributed by atoms with Crippen molar-refractivity contribution in [2.75, 3.05) is 0 Å². The number of aliphatic hydroxyl groups excluding tert-OH is 2. The molecule has 0 aromatic heterocycles. The molecule has 0 spiro atoms. The van der Waals surface area contributed by atoms with E-state index in [0.29, 0.717) is 0 Å². The van der Waals surface area contributed by atoms with E-state index in [2.05, 4.69) is 6.92 Å². The van der Waals surface area contributed by atoms with Gasteiger partial charge in [0.25, 0.3) is 0 Å². The van der Waals surface area contributed by atoms with E-state index in [0.717, 1.165) is 12.7 Å². The number of unbranched alkanes of at least 4 members (excludes halogenated alkanes) is 11. The molecule has 0 saturated heterocycles. The predicted octanol–water partition coefficient (Wildman–Crippen LogP) is 6.20. The number of aliphatic hydroxyl groups is 2. The molecule has 0 rings (SSSR count). The van der Waals surface area contributed by atoms with Crippen molar-refractivity contribution in [1.82, 2.24) is 0 Å². The molecule has 0 radical (unpaired) electrons. The van der Waals surface area contributed by atoms with Gasteiger partial charge in [-0.25, -0.2) is 0 Å². The molecule has 0 aromatic rings. The quantitative estimate of drug-likeness (QED) is 0.237. The highest BCUT2D eigenvalue weighted by Gasteiger charge is 1.92. The maximum atomic E-state index is 8.96. The highest BCUT2D eigenvalue weighted by molar-refractivity contribution is 5.06. The van der Waals surface area contributed by atoms with Crippen molar-refractivity contribution in [1.29, 1.82) is 0 Å². The molecule has 0 aliphatic carbocycles. The minimum atomic E-state index is -0.0666. The van der Waals surface area contributed by atoms with Crippen LogP contribution in [0.25, 0.3) is 0 Å². The summed E-state index contributed by atoms with van der Waals surface area (Å²) in [5, 5.41) is 17.4. The lowest BCUT2D eigenvalue weighted by Gasteiger charge is -2.01. The van der Waals surface area contributed by atoms with E-state index < -0.39 is 0 Å². The summed E-state index contributed by atoms with van der Waals surface area (Å²) in [7, 11) is 0. The van der Waals surface area contributed by atoms with E-state index in [4.69, 9.17) is 10.2 Å². The number of hydrogen-bond acceptors (Lipinski definition) is 2. The van der Waals surface area contributed by atoms with Gasteiger partial charge < -0.3 is 10.2 Å². The molecule has 0 aromatic carbocycles. The molecular formula is C17H32O2. The van der Waals surface area contributed by atoms with Crippen LogP contribution < -0.4 is 0 Å². The molecule has 2 heteroatoms. The first-order chi connectivity index (χ1) is 9.31. The third kappa shape index (κ3) is 15.0. The average molecular weight is 268 g/mol. The summed E-state index contributed by atoms with van der Waals surface area (Å²) >= 11 is 0. The van der Waals surface area contributed by atoms with Crippen molar-refractivity contribution in [3.63, 3.8) is 0 Å². The first-order valence-corrected chi connectivity index (χ1v) is 8.01. The molecule has 0 amide bonds. The number of hydrogen-bond donors (Lipinski definition) is 2. The van der Waals surface area contributed by atoms with Gasteiger partial charge in [0.15, 0.2) is 0 Å². The predicted molar refractivity (Wildman–Crippen MR) is 83.6 cm³/mol. The van der Waals surface area contributed by atoms with Crippen LogP contribution in [0.15, 0.2) is 24.2 Å². The van der Waals surface area contributed by atoms with Crippen molar-refractivity contribution in [2.45, 2.75) is 84.0 Å². The molecule has 0 atom stereocenters. The normalized spacial score (nSPS) is 12.4. The lowest BCUT2D eigenvalue weighted by Crippen LogP contribution is -1.82. The van der Waals surface area contributed by atoms with Gasteiger partial charge in [0.2, 0.25) is 0 Å². The van der Waals surface area contributed by atoms with Gasteiger partial charge in [0, 0.05) is 0 Å². The van der Waals surface area contributed by atoms with Gasteiger partial charge in [-0.3, -0.25) is 0 Å². The van der Waals surface area contributed by atoms with Crippen LogP contribution in [0.3, 0.4) is 0 Å². The Morgan fingerprint density at radius 3 is 1.74 bits per heavy atom. The van der Waals surface area contributed by atoms with Gasteiger partial charge in [-0.05, 0) is 18.9 Å². The van der Waals surface area contributed by atoms with Crippen LogP contribution >= 0.6 is 0 Å². The Kier molecular flexibility index (Phi) is 14.4. The van der Waals surface area contributed by atoms with Crippen molar-refractivity contribution < 1.29 is 10.2 Å². The fourth-order valence-corrected chi connectivity index (χ4v) is 2.17. The smallest absolute Gasteiger partial charge is 0.149 e. The lowest BCUT2D eigenvalue weighted by atomic mass is 10.1. The minimum Gasteiger partial charge on any atom is -0.512 e. The van der Waals surface area contributed by atoms with Crippen LogP contribution in [0.1, 0.15) is 84.0 Å². The maximum Gasteiger partial charge on any atom is 0.149 e. The summed E-state index contributed by atoms with van der Waals surface area (Å²) < 4.78 is 0. The van der Waals surface area contributed by atoms with Gasteiger partial charge in [-0.15, -0.1) is 0 Å². The molecule has 2 nitrogen and oxygen atoms in total. The van der Waals surface area contributed by atoms with Crippen molar-refractivity contribution >= 4 is 0 Å². The van der Waals surface area contributed by atoms with E-state index in [1.54, 1.807) is 6.08 Å². The topological polar surface area (TPSA) is 40.5 Å². The first-order valence-electron chi connectivity index (χ1n) is 8.01. The second-order valence-corrected chi connectivity index (χ2v) is 5.28. The third-order valence-electron chi connectivity index (χ3n) is 3.40. The zero-order valence-corrected chi connectivity index (χ0v) is 12.6. The second kappa shape index (κ2) is 15.1. The minimum absolute atomic E-state index is 0.0666. The Labute approximate surface area is 119 Å². The molecule has 0 bridgehead atoms. The Morgan fingerprint density at radius 1 is 0.789 bits per heavy atom. The Hall–Kier alpha value is -0.920. The molecule has 0 aliphatic rings. The highest BCUT2D eigenvalue weighted by Crippen LogP contribution is 2.12. The van der Waals surface area contributed by atoms with E-state index in [1.165, 1.54) is 70.6 Å². The fourth-order valence-electron chi connectivity index (χ4n) is 2.17. The third-order valence-corrected chi connectivity index (χ3v) is 3.40. The summed E-state index contributed by atoms with van der Waals surface area (Å²) in [6, 6.07) is 0. The van der Waals surface area contributed by atoms with Gasteiger partial charge in [-0.2, -0.15) is 0 Å². The van der Waals surface area contributed by atoms with Crippen molar-refractivity contribution in [3.05, 3.63) is 24.2 Å². The van der Waals surface area contributed by atoms with Crippen LogP contribution in [0.2, 0.25) is 0 Å². The van der Waals surface area contributed by atoms with E-state index in [9.17, 15) is 0 Å². The molecule has 0 fully saturated rings. The van der Waals surface area contributed by atoms with Crippen LogP contribution in [0.5, 0.6) is 0 Å². The van der Waals surface area contributed by atoms with Crippen LogP contribution in [0, 0.1) is 0 Å². The molecular weight excluding hydrogens is 236 g/mol. The molecule has 0 unspecified atom stereocenters. The van der Waals surface area contributed by atoms with Gasteiger partial charge in [0.1, 0.15) is 12.0 Å². The van der Waals surface area contributed by atoms with Crippen molar-refractivity contribution in [3.8, 4) is 0 Å². The molecule has 0 saturated carbocycles. The molecule has 2 N–H and O–H groups in total. The number of rotatable bonds is 13. The van der Waals surface area contributed by atoms with E-state index in [1.807, 2.05) is 6.08 Å². The van der Waals surface area contributed by atoms with E-state index in [-0.39, 0.29) is 5.76 Å². The van der Waals surface area contributed by atoms with E-state index >= 15 is 0 Å². The fraction of sp³-hybridized carbons (Fsp3) is 0.765. The Morgan fingerprint density at radius 2 is 1.26 bits per heavy atom. The van der Waals surface area contributed by atoms with Gasteiger partial charge in [-0.1, -0.05) is 77.2 Å². The summed E-state index contributed by atoms with van der Waals surface area (Å²) in [5.74, 6) is -0.0666. The molecule has 112 valence electrons. The second-order valence-electron chi connectivity index (χ2n) is 5.28. The summed E-state index contributed by atoms with van der Waals surface area (Å²) in [6.45, 7) is 2.26. The molecule has 0 heterocycles. The van der Waals surface area contributed by atoms with Crippen LogP contribution in [0.4, 0.5) is 0 Å². The summed E-state index contributed by atoms with van der Waals surface area (Å²) in [4.78, 5) is 0. The largest absolute Gasteiger partial charge is 0.512 e. The maximum absolute atomic E-state index is 8.96. The zero-order chi connectivity index (χ0) is 14.2. The Balaban J connectivity index is 3.09. The van der Waals surface area contributed by atoms with Crippen molar-refractivity contribution in [2.24, 2.45) is 0 Å². The SMILES string of the molecule is CCCCCCCCCCCCCC=CC(O)=CO. The lowest BCUT2D eigenvalue weighted by molar-refractivity contribution is 0.377. The molecule has 0 aliphatic heterocycles. The average Bonchev–Trinajstić information content (AvgIpc) is 2.43. The standard InChI is InChI=1S/C17H32O2/c1-2-3-4-5-6-7-8-9-10-11-12-13-14-15-17(19)16-18/h14-16,18-19H,2-13H2,1H3. The highest BCUT2D eigenvalue weighted by atomic mass is 16.3. The Bertz CT molecular complexity index is 231. The number of allylic oxidation sites excluding steroid dienone is 2. The summed E-state index contributed by atoms with van der Waals surface area (Å²) in [5.41, 5.74) is 0. The monoisotopic (exact) mass is 268 g/mol. The van der Waals surface area contributed by atoms with Gasteiger partial charge in [0.05, 0.1) is 0 Å². The summed E-state index contributed by atoms with van der Waals surface area (Å²) in [6.07, 6.45) is 20.1. The van der Waals surface area contributed by atoms with Crippen LogP contribution in [-0.4, -0.2) is 10.2 Å².